The van der Waals surface area contributed by atoms with Gasteiger partial charge in [-0.2, -0.15) is 0 Å². The van der Waals surface area contributed by atoms with Crippen LogP contribution in [0.2, 0.25) is 0 Å². The van der Waals surface area contributed by atoms with Crippen molar-refractivity contribution < 1.29 is 14.0 Å². The molecule has 0 spiro atoms. The molecule has 0 aliphatic carbocycles. The topological polar surface area (TPSA) is 46.2 Å². The highest BCUT2D eigenvalue weighted by atomic mass is 79.9. The number of halogens is 2. The first-order valence-corrected chi connectivity index (χ1v) is 8.05. The molecule has 1 N–H and O–H groups in total. The summed E-state index contributed by atoms with van der Waals surface area (Å²) in [5, 5.41) is 2.70. The van der Waals surface area contributed by atoms with Gasteiger partial charge in [0, 0.05) is 29.4 Å². The molecule has 0 heterocycles. The molecule has 5 heteroatoms. The molecule has 0 fully saturated rings. The van der Waals surface area contributed by atoms with Gasteiger partial charge in [0.05, 0.1) is 0 Å². The van der Waals surface area contributed by atoms with Crippen LogP contribution in [0.5, 0.6) is 0 Å². The number of carbonyl (C=O) groups excluding carboxylic acids is 2. The van der Waals surface area contributed by atoms with Crippen LogP contribution in [0.15, 0.2) is 46.9 Å². The average Bonchev–Trinajstić information content (AvgIpc) is 2.54. The number of rotatable bonds is 6. The van der Waals surface area contributed by atoms with Gasteiger partial charge in [0.2, 0.25) is 5.91 Å². The van der Waals surface area contributed by atoms with E-state index in [1.165, 1.54) is 12.1 Å². The van der Waals surface area contributed by atoms with Gasteiger partial charge in [-0.1, -0.05) is 45.8 Å². The van der Waals surface area contributed by atoms with Gasteiger partial charge in [-0.25, -0.2) is 4.39 Å². The summed E-state index contributed by atoms with van der Waals surface area (Å²) in [6.07, 6.45) is 0.263. The average molecular weight is 378 g/mol. The number of nitrogens with one attached hydrogen (secondary N) is 1. The zero-order chi connectivity index (χ0) is 16.8. The number of amides is 1. The molecule has 2 aromatic carbocycles. The van der Waals surface area contributed by atoms with Crippen molar-refractivity contribution in [2.24, 2.45) is 0 Å². The molecule has 2 rings (SSSR count). The number of hydrogen-bond acceptors (Lipinski definition) is 2. The van der Waals surface area contributed by atoms with Gasteiger partial charge < -0.3 is 5.32 Å². The molecule has 0 aliphatic rings. The van der Waals surface area contributed by atoms with Crippen LogP contribution in [-0.4, -0.2) is 11.7 Å². The maximum Gasteiger partial charge on any atom is 0.220 e. The molecule has 0 saturated heterocycles. The van der Waals surface area contributed by atoms with Gasteiger partial charge >= 0.3 is 0 Å². The summed E-state index contributed by atoms with van der Waals surface area (Å²) in [5.41, 5.74) is 2.35. The van der Waals surface area contributed by atoms with E-state index in [2.05, 4.69) is 21.2 Å². The Morgan fingerprint density at radius 1 is 1.09 bits per heavy atom. The smallest absolute Gasteiger partial charge is 0.220 e. The van der Waals surface area contributed by atoms with Crippen LogP contribution >= 0.6 is 15.9 Å². The third kappa shape index (κ3) is 5.28. The monoisotopic (exact) mass is 377 g/mol. The van der Waals surface area contributed by atoms with Crippen molar-refractivity contribution in [2.45, 2.75) is 26.3 Å². The summed E-state index contributed by atoms with van der Waals surface area (Å²) in [4.78, 5) is 23.8. The third-order valence-electron chi connectivity index (χ3n) is 3.44. The van der Waals surface area contributed by atoms with E-state index in [0.29, 0.717) is 11.1 Å². The molecule has 3 nitrogen and oxygen atoms in total. The molecule has 0 aliphatic heterocycles. The van der Waals surface area contributed by atoms with Crippen molar-refractivity contribution in [1.29, 1.82) is 0 Å². The lowest BCUT2D eigenvalue weighted by Gasteiger charge is -2.07. The van der Waals surface area contributed by atoms with Gasteiger partial charge in [-0.05, 0) is 30.7 Å². The van der Waals surface area contributed by atoms with Crippen molar-refractivity contribution in [3.05, 3.63) is 69.4 Å². The fraction of sp³-hybridized carbons (Fsp3) is 0.222. The molecule has 0 saturated carbocycles. The van der Waals surface area contributed by atoms with E-state index in [4.69, 9.17) is 0 Å². The summed E-state index contributed by atoms with van der Waals surface area (Å²) >= 11 is 3.31. The Labute approximate surface area is 143 Å². The van der Waals surface area contributed by atoms with Gasteiger partial charge in [-0.3, -0.25) is 9.59 Å². The van der Waals surface area contributed by atoms with E-state index < -0.39 is 0 Å². The fourth-order valence-corrected chi connectivity index (χ4v) is 2.46. The largest absolute Gasteiger partial charge is 0.352 e. The van der Waals surface area contributed by atoms with E-state index in [9.17, 15) is 14.0 Å². The second-order valence-corrected chi connectivity index (χ2v) is 6.16. The van der Waals surface area contributed by atoms with E-state index in [0.717, 1.165) is 10.0 Å². The Hall–Kier alpha value is -2.01. The first-order chi connectivity index (χ1) is 11.0. The first-order valence-electron chi connectivity index (χ1n) is 7.26. The highest BCUT2D eigenvalue weighted by Crippen LogP contribution is 2.17. The summed E-state index contributed by atoms with van der Waals surface area (Å²) in [7, 11) is 0. The lowest BCUT2D eigenvalue weighted by atomic mass is 10.0. The van der Waals surface area contributed by atoms with Crippen molar-refractivity contribution in [3.63, 3.8) is 0 Å². The third-order valence-corrected chi connectivity index (χ3v) is 4.21. The normalized spacial score (nSPS) is 10.4. The minimum Gasteiger partial charge on any atom is -0.352 e. The summed E-state index contributed by atoms with van der Waals surface area (Å²) < 4.78 is 13.9. The van der Waals surface area contributed by atoms with Gasteiger partial charge in [0.1, 0.15) is 5.82 Å². The number of hydrogen-bond donors (Lipinski definition) is 1. The number of ketones is 1. The molecule has 2 aromatic rings. The fourth-order valence-electron chi connectivity index (χ4n) is 2.07. The number of aryl methyl sites for hydroxylation is 1. The summed E-state index contributed by atoms with van der Waals surface area (Å²) in [6, 6.07) is 11.6. The predicted molar refractivity (Wildman–Crippen MR) is 90.7 cm³/mol. The predicted octanol–water partition coefficient (Wildman–Crippen LogP) is 4.18. The standard InChI is InChI=1S/C18H17BrFNO2/c1-12-2-4-13(5-3-12)17(22)8-9-18(23)21-11-14-10-15(20)6-7-16(14)19/h2-7,10H,8-9,11H2,1H3,(H,21,23). The maximum atomic E-state index is 13.2. The molecular weight excluding hydrogens is 361 g/mol. The van der Waals surface area contributed by atoms with E-state index >= 15 is 0 Å². The molecule has 0 unspecified atom stereocenters. The molecule has 0 radical (unpaired) electrons. The van der Waals surface area contributed by atoms with Crippen LogP contribution in [0.1, 0.15) is 34.3 Å². The van der Waals surface area contributed by atoms with Gasteiger partial charge in [-0.15, -0.1) is 0 Å². The second kappa shape index (κ2) is 8.02. The highest BCUT2D eigenvalue weighted by molar-refractivity contribution is 9.10. The zero-order valence-electron chi connectivity index (χ0n) is 12.7. The minimum absolute atomic E-state index is 0.0629. The Morgan fingerprint density at radius 3 is 2.48 bits per heavy atom. The van der Waals surface area contributed by atoms with E-state index in [1.807, 2.05) is 19.1 Å². The van der Waals surface area contributed by atoms with Gasteiger partial charge in [0.15, 0.2) is 5.78 Å². The SMILES string of the molecule is Cc1ccc(C(=O)CCC(=O)NCc2cc(F)ccc2Br)cc1. The number of Topliss-reactive ketones (excluding diaryl/α,β-unsaturated/α-hetero) is 1. The van der Waals surface area contributed by atoms with Crippen molar-refractivity contribution in [1.82, 2.24) is 5.32 Å². The van der Waals surface area contributed by atoms with Crippen LogP contribution in [-0.2, 0) is 11.3 Å². The Morgan fingerprint density at radius 2 is 1.78 bits per heavy atom. The van der Waals surface area contributed by atoms with Crippen LogP contribution in [0.25, 0.3) is 0 Å². The zero-order valence-corrected chi connectivity index (χ0v) is 14.3. The molecule has 0 aromatic heterocycles. The Balaban J connectivity index is 1.82. The quantitative estimate of drug-likeness (QED) is 0.767. The Bertz CT molecular complexity index is 713. The molecule has 1 amide bonds. The summed E-state index contributed by atoms with van der Waals surface area (Å²) in [5.74, 6) is -0.652. The van der Waals surface area contributed by atoms with E-state index in [-0.39, 0.29) is 36.9 Å². The van der Waals surface area contributed by atoms with Crippen LogP contribution in [0.3, 0.4) is 0 Å². The van der Waals surface area contributed by atoms with Crippen LogP contribution < -0.4 is 5.32 Å². The second-order valence-electron chi connectivity index (χ2n) is 5.30. The lowest BCUT2D eigenvalue weighted by molar-refractivity contribution is -0.121. The molecule has 120 valence electrons. The molecule has 0 atom stereocenters. The van der Waals surface area contributed by atoms with Crippen LogP contribution in [0, 0.1) is 12.7 Å². The Kier molecular flexibility index (Phi) is 6.04. The van der Waals surface area contributed by atoms with Crippen molar-refractivity contribution in [3.8, 4) is 0 Å². The minimum atomic E-state index is -0.355. The van der Waals surface area contributed by atoms with Gasteiger partial charge in [0.25, 0.3) is 0 Å². The molecule has 23 heavy (non-hydrogen) atoms. The lowest BCUT2D eigenvalue weighted by Crippen LogP contribution is -2.23. The number of carbonyl (C=O) groups is 2. The van der Waals surface area contributed by atoms with E-state index in [1.54, 1.807) is 18.2 Å². The molecular formula is C18H17BrFNO2. The maximum absolute atomic E-state index is 13.2. The summed E-state index contributed by atoms with van der Waals surface area (Å²) in [6.45, 7) is 2.17. The number of benzene rings is 2. The molecule has 0 bridgehead atoms. The van der Waals surface area contributed by atoms with Crippen molar-refractivity contribution in [2.75, 3.05) is 0 Å². The van der Waals surface area contributed by atoms with Crippen LogP contribution in [0.4, 0.5) is 4.39 Å². The highest BCUT2D eigenvalue weighted by Gasteiger charge is 2.10. The first kappa shape index (κ1) is 17.3. The van der Waals surface area contributed by atoms with Crippen molar-refractivity contribution >= 4 is 27.6 Å².